The van der Waals surface area contributed by atoms with E-state index in [1.54, 1.807) is 0 Å². The Kier molecular flexibility index (Phi) is 4.62. The van der Waals surface area contributed by atoms with Crippen LogP contribution in [0.25, 0.3) is 39.0 Å². The fraction of sp³-hybridized carbons (Fsp3) is 0.100. The molecule has 160 valence electrons. The molecular weight excluding hydrogens is 404 g/mol. The van der Waals surface area contributed by atoms with Crippen LogP contribution in [0, 0.1) is 13.8 Å². The van der Waals surface area contributed by atoms with Crippen LogP contribution in [0.5, 0.6) is 0 Å². The number of aryl methyl sites for hydroxylation is 2. The molecule has 0 amide bonds. The first-order valence-electron chi connectivity index (χ1n) is 11.3. The molecule has 0 fully saturated rings. The van der Waals surface area contributed by atoms with Gasteiger partial charge in [0.25, 0.3) is 0 Å². The van der Waals surface area contributed by atoms with Crippen molar-refractivity contribution in [3.8, 4) is 17.1 Å². The molecule has 0 unspecified atom stereocenters. The summed E-state index contributed by atoms with van der Waals surface area (Å²) in [7, 11) is 0. The summed E-state index contributed by atoms with van der Waals surface area (Å²) in [5.74, 6) is 0.960. The molecule has 0 aliphatic carbocycles. The molecule has 0 N–H and O–H groups in total. The third kappa shape index (κ3) is 3.33. The molecule has 2 heterocycles. The molecular formula is C30H24N2O. The van der Waals surface area contributed by atoms with Gasteiger partial charge in [0.2, 0.25) is 0 Å². The van der Waals surface area contributed by atoms with Gasteiger partial charge in [-0.1, -0.05) is 78.9 Å². The standard InChI is InChI=1S/C30H24N2O/c1-20-17-22(19-24-11-8-13-26-25-12-6-7-14-27(25)33-29(24)26)18-21(2)28(20)32-16-15-31-30(32)23-9-4-3-5-10-23/h3-18H,19H2,1-2H3. The number of furan rings is 1. The minimum Gasteiger partial charge on any atom is -0.456 e. The monoisotopic (exact) mass is 428 g/mol. The Bertz CT molecular complexity index is 1580. The highest BCUT2D eigenvalue weighted by Gasteiger charge is 2.15. The first-order valence-corrected chi connectivity index (χ1v) is 11.3. The maximum atomic E-state index is 6.25. The molecule has 0 bridgehead atoms. The third-order valence-corrected chi connectivity index (χ3v) is 6.34. The van der Waals surface area contributed by atoms with E-state index in [1.807, 2.05) is 30.6 Å². The van der Waals surface area contributed by atoms with Gasteiger partial charge in [0, 0.05) is 35.2 Å². The predicted molar refractivity (Wildman–Crippen MR) is 135 cm³/mol. The smallest absolute Gasteiger partial charge is 0.144 e. The van der Waals surface area contributed by atoms with E-state index >= 15 is 0 Å². The summed E-state index contributed by atoms with van der Waals surface area (Å²) in [6.45, 7) is 4.37. The maximum Gasteiger partial charge on any atom is 0.144 e. The Morgan fingerprint density at radius 3 is 2.33 bits per heavy atom. The molecule has 6 aromatic rings. The number of nitrogens with zero attached hydrogens (tertiary/aromatic N) is 2. The Morgan fingerprint density at radius 1 is 0.788 bits per heavy atom. The fourth-order valence-corrected chi connectivity index (χ4v) is 4.98. The Labute approximate surface area is 192 Å². The molecule has 0 atom stereocenters. The van der Waals surface area contributed by atoms with E-state index in [1.165, 1.54) is 38.7 Å². The van der Waals surface area contributed by atoms with Gasteiger partial charge in [-0.2, -0.15) is 0 Å². The quantitative estimate of drug-likeness (QED) is 0.289. The van der Waals surface area contributed by atoms with Crippen molar-refractivity contribution in [2.45, 2.75) is 20.3 Å². The van der Waals surface area contributed by atoms with Gasteiger partial charge in [0.15, 0.2) is 0 Å². The van der Waals surface area contributed by atoms with E-state index in [0.717, 1.165) is 29.0 Å². The Balaban J connectivity index is 1.41. The van der Waals surface area contributed by atoms with Crippen LogP contribution in [0.1, 0.15) is 22.3 Å². The van der Waals surface area contributed by atoms with Gasteiger partial charge in [-0.05, 0) is 42.2 Å². The lowest BCUT2D eigenvalue weighted by molar-refractivity contribution is 0.664. The number of fused-ring (bicyclic) bond motifs is 3. The summed E-state index contributed by atoms with van der Waals surface area (Å²) in [6, 6.07) is 29.6. The van der Waals surface area contributed by atoms with Crippen molar-refractivity contribution in [1.82, 2.24) is 9.55 Å². The highest BCUT2D eigenvalue weighted by molar-refractivity contribution is 6.05. The lowest BCUT2D eigenvalue weighted by Gasteiger charge is -2.16. The highest BCUT2D eigenvalue weighted by atomic mass is 16.3. The van der Waals surface area contributed by atoms with Crippen molar-refractivity contribution in [2.24, 2.45) is 0 Å². The van der Waals surface area contributed by atoms with Gasteiger partial charge in [0.1, 0.15) is 17.0 Å². The minimum atomic E-state index is 0.828. The number of hydrogen-bond donors (Lipinski definition) is 0. The number of rotatable bonds is 4. The van der Waals surface area contributed by atoms with Crippen LogP contribution in [-0.4, -0.2) is 9.55 Å². The molecule has 33 heavy (non-hydrogen) atoms. The molecule has 3 nitrogen and oxygen atoms in total. The summed E-state index contributed by atoms with van der Waals surface area (Å²) in [4.78, 5) is 4.64. The lowest BCUT2D eigenvalue weighted by Crippen LogP contribution is -2.03. The van der Waals surface area contributed by atoms with Gasteiger partial charge in [-0.15, -0.1) is 0 Å². The van der Waals surface area contributed by atoms with E-state index in [4.69, 9.17) is 4.42 Å². The van der Waals surface area contributed by atoms with E-state index in [9.17, 15) is 0 Å². The van der Waals surface area contributed by atoms with Crippen LogP contribution in [0.4, 0.5) is 0 Å². The van der Waals surface area contributed by atoms with E-state index in [-0.39, 0.29) is 0 Å². The number of aromatic nitrogens is 2. The van der Waals surface area contributed by atoms with Crippen LogP contribution < -0.4 is 0 Å². The van der Waals surface area contributed by atoms with Crippen LogP contribution in [-0.2, 0) is 6.42 Å². The predicted octanol–water partition coefficient (Wildman–Crippen LogP) is 7.65. The van der Waals surface area contributed by atoms with Crippen molar-refractivity contribution < 1.29 is 4.42 Å². The maximum absolute atomic E-state index is 6.25. The van der Waals surface area contributed by atoms with Crippen LogP contribution >= 0.6 is 0 Å². The summed E-state index contributed by atoms with van der Waals surface area (Å²) in [5.41, 5.74) is 9.19. The second-order valence-electron chi connectivity index (χ2n) is 8.63. The molecule has 0 aliphatic rings. The molecule has 0 spiro atoms. The van der Waals surface area contributed by atoms with Crippen molar-refractivity contribution in [3.63, 3.8) is 0 Å². The summed E-state index contributed by atoms with van der Waals surface area (Å²) >= 11 is 0. The topological polar surface area (TPSA) is 31.0 Å². The lowest BCUT2D eigenvalue weighted by atomic mass is 9.97. The molecule has 4 aromatic carbocycles. The molecule has 2 aromatic heterocycles. The molecule has 0 aliphatic heterocycles. The minimum absolute atomic E-state index is 0.828. The van der Waals surface area contributed by atoms with Crippen LogP contribution in [0.15, 0.2) is 102 Å². The van der Waals surface area contributed by atoms with Gasteiger partial charge in [-0.25, -0.2) is 4.98 Å². The molecule has 0 saturated carbocycles. The molecule has 6 rings (SSSR count). The average molecular weight is 429 g/mol. The van der Waals surface area contributed by atoms with Gasteiger partial charge >= 0.3 is 0 Å². The molecule has 0 radical (unpaired) electrons. The van der Waals surface area contributed by atoms with E-state index in [2.05, 4.69) is 90.1 Å². The highest BCUT2D eigenvalue weighted by Crippen LogP contribution is 2.33. The van der Waals surface area contributed by atoms with Crippen molar-refractivity contribution in [3.05, 3.63) is 120 Å². The summed E-state index contributed by atoms with van der Waals surface area (Å²) in [6.07, 6.45) is 4.75. The van der Waals surface area contributed by atoms with Crippen molar-refractivity contribution in [2.75, 3.05) is 0 Å². The summed E-state index contributed by atoms with van der Waals surface area (Å²) in [5, 5.41) is 2.35. The summed E-state index contributed by atoms with van der Waals surface area (Å²) < 4.78 is 8.45. The number of hydrogen-bond acceptors (Lipinski definition) is 2. The van der Waals surface area contributed by atoms with Crippen molar-refractivity contribution >= 4 is 21.9 Å². The zero-order valence-electron chi connectivity index (χ0n) is 18.7. The Hall–Kier alpha value is -4.11. The van der Waals surface area contributed by atoms with Gasteiger partial charge in [-0.3, -0.25) is 4.57 Å². The molecule has 0 saturated heterocycles. The Morgan fingerprint density at radius 2 is 1.52 bits per heavy atom. The number of imidazole rings is 1. The fourth-order valence-electron chi connectivity index (χ4n) is 4.98. The van der Waals surface area contributed by atoms with Gasteiger partial charge < -0.3 is 4.42 Å². The van der Waals surface area contributed by atoms with Crippen LogP contribution in [0.2, 0.25) is 0 Å². The molecule has 3 heteroatoms. The number of benzene rings is 4. The van der Waals surface area contributed by atoms with E-state index in [0.29, 0.717) is 0 Å². The zero-order chi connectivity index (χ0) is 22.4. The van der Waals surface area contributed by atoms with Crippen molar-refractivity contribution in [1.29, 1.82) is 0 Å². The zero-order valence-corrected chi connectivity index (χ0v) is 18.7. The van der Waals surface area contributed by atoms with Gasteiger partial charge in [0.05, 0.1) is 5.69 Å². The first-order chi connectivity index (χ1) is 16.2. The first kappa shape index (κ1) is 19.6. The SMILES string of the molecule is Cc1cc(Cc2cccc3c2oc2ccccc23)cc(C)c1-n1ccnc1-c1ccccc1. The second kappa shape index (κ2) is 7.79. The third-order valence-electron chi connectivity index (χ3n) is 6.34. The van der Waals surface area contributed by atoms with E-state index < -0.39 is 0 Å². The normalized spacial score (nSPS) is 11.5. The number of para-hydroxylation sites is 2. The largest absolute Gasteiger partial charge is 0.456 e. The average Bonchev–Trinajstić information content (AvgIpc) is 3.45. The van der Waals surface area contributed by atoms with Crippen LogP contribution in [0.3, 0.4) is 0 Å². The second-order valence-corrected chi connectivity index (χ2v) is 8.63.